The van der Waals surface area contributed by atoms with E-state index in [9.17, 15) is 13.6 Å². The number of carbonyl (C=O) groups is 1. The lowest BCUT2D eigenvalue weighted by molar-refractivity contribution is -0.132. The lowest BCUT2D eigenvalue weighted by atomic mass is 9.83. The van der Waals surface area contributed by atoms with E-state index >= 15 is 0 Å². The number of ether oxygens (including phenoxy) is 1. The number of morpholine rings is 1. The summed E-state index contributed by atoms with van der Waals surface area (Å²) in [6.45, 7) is 3.60. The van der Waals surface area contributed by atoms with Crippen molar-refractivity contribution in [2.24, 2.45) is 0 Å². The summed E-state index contributed by atoms with van der Waals surface area (Å²) in [5, 5.41) is 7.97. The Morgan fingerprint density at radius 1 is 1.20 bits per heavy atom. The molecule has 2 fully saturated rings. The van der Waals surface area contributed by atoms with Gasteiger partial charge in [-0.15, -0.1) is 0 Å². The number of aromatic nitrogens is 4. The molecule has 1 amide bonds. The highest BCUT2D eigenvalue weighted by Crippen LogP contribution is 2.42. The SMILES string of the molecule is CNC(=O)C1CN(c2cc(-n3ncc4cc(C)c(C5CCN(C)CC5(F)F)cc43)ncn2)CCO1. The number of piperidine rings is 1. The average molecular weight is 486 g/mol. The fourth-order valence-corrected chi connectivity index (χ4v) is 5.06. The van der Waals surface area contributed by atoms with Gasteiger partial charge >= 0.3 is 0 Å². The first-order valence-corrected chi connectivity index (χ1v) is 11.7. The largest absolute Gasteiger partial charge is 0.365 e. The molecular formula is C24H29F2N7O2. The van der Waals surface area contributed by atoms with E-state index in [0.29, 0.717) is 49.9 Å². The standard InChI is InChI=1S/C24H29F2N7O2/c1-15-8-16-11-30-33(19(16)9-17(15)18-4-5-31(3)13-24(18,25)26)22-10-21(28-14-29-22)32-6-7-35-20(12-32)23(34)27-2/h8-11,14,18,20H,4-7,12-13H2,1-3H3,(H,27,34). The summed E-state index contributed by atoms with van der Waals surface area (Å²) in [6.07, 6.45) is 2.98. The smallest absolute Gasteiger partial charge is 0.267 e. The molecule has 0 bridgehead atoms. The molecule has 2 aliphatic heterocycles. The second-order valence-electron chi connectivity index (χ2n) is 9.32. The van der Waals surface area contributed by atoms with Gasteiger partial charge in [-0.05, 0) is 50.2 Å². The molecule has 4 heterocycles. The van der Waals surface area contributed by atoms with Crippen LogP contribution in [0.2, 0.25) is 0 Å². The number of nitrogens with one attached hydrogen (secondary N) is 1. The molecule has 2 atom stereocenters. The average Bonchev–Trinajstić information content (AvgIpc) is 3.25. The van der Waals surface area contributed by atoms with E-state index in [1.807, 2.05) is 24.0 Å². The van der Waals surface area contributed by atoms with Crippen molar-refractivity contribution in [3.63, 3.8) is 0 Å². The Balaban J connectivity index is 1.49. The Labute approximate surface area is 202 Å². The minimum Gasteiger partial charge on any atom is -0.365 e. The van der Waals surface area contributed by atoms with Crippen LogP contribution in [0, 0.1) is 6.92 Å². The number of fused-ring (bicyclic) bond motifs is 1. The predicted octanol–water partition coefficient (Wildman–Crippen LogP) is 2.13. The highest BCUT2D eigenvalue weighted by Gasteiger charge is 2.45. The number of likely N-dealkylation sites (N-methyl/N-ethyl adjacent to an activating group) is 1. The molecule has 11 heteroatoms. The van der Waals surface area contributed by atoms with Gasteiger partial charge < -0.3 is 19.9 Å². The van der Waals surface area contributed by atoms with Crippen molar-refractivity contribution in [1.82, 2.24) is 30.0 Å². The number of hydrogen-bond acceptors (Lipinski definition) is 7. The predicted molar refractivity (Wildman–Crippen MR) is 127 cm³/mol. The van der Waals surface area contributed by atoms with Gasteiger partial charge in [-0.1, -0.05) is 0 Å². The second-order valence-corrected chi connectivity index (χ2v) is 9.32. The number of amides is 1. The minimum absolute atomic E-state index is 0.185. The van der Waals surface area contributed by atoms with Gasteiger partial charge in [0.05, 0.1) is 37.3 Å². The van der Waals surface area contributed by atoms with Crippen LogP contribution in [0.25, 0.3) is 16.7 Å². The fourth-order valence-electron chi connectivity index (χ4n) is 5.06. The zero-order chi connectivity index (χ0) is 24.7. The highest BCUT2D eigenvalue weighted by molar-refractivity contribution is 5.82. The van der Waals surface area contributed by atoms with Crippen LogP contribution in [0.4, 0.5) is 14.6 Å². The minimum atomic E-state index is -2.81. The Morgan fingerprint density at radius 2 is 2.00 bits per heavy atom. The van der Waals surface area contributed by atoms with Gasteiger partial charge in [-0.25, -0.2) is 23.4 Å². The van der Waals surface area contributed by atoms with Gasteiger partial charge in [0.2, 0.25) is 0 Å². The first-order valence-electron chi connectivity index (χ1n) is 11.7. The van der Waals surface area contributed by atoms with Crippen molar-refractivity contribution in [3.8, 4) is 5.82 Å². The summed E-state index contributed by atoms with van der Waals surface area (Å²) in [5.41, 5.74) is 2.20. The van der Waals surface area contributed by atoms with Crippen LogP contribution in [0.15, 0.2) is 30.7 Å². The van der Waals surface area contributed by atoms with Gasteiger partial charge in [-0.2, -0.15) is 5.10 Å². The van der Waals surface area contributed by atoms with E-state index in [4.69, 9.17) is 4.74 Å². The van der Waals surface area contributed by atoms with Crippen LogP contribution in [0.5, 0.6) is 0 Å². The zero-order valence-electron chi connectivity index (χ0n) is 20.0. The molecule has 0 spiro atoms. The van der Waals surface area contributed by atoms with E-state index in [-0.39, 0.29) is 12.5 Å². The van der Waals surface area contributed by atoms with Gasteiger partial charge in [0.1, 0.15) is 12.1 Å². The van der Waals surface area contributed by atoms with Crippen molar-refractivity contribution in [3.05, 3.63) is 41.9 Å². The normalized spacial score (nSPS) is 22.9. The molecule has 3 aromatic rings. The number of hydrogen-bond donors (Lipinski definition) is 1. The molecule has 186 valence electrons. The Bertz CT molecular complexity index is 1250. The fraction of sp³-hybridized carbons (Fsp3) is 0.500. The molecule has 2 unspecified atom stereocenters. The second kappa shape index (κ2) is 9.12. The first-order chi connectivity index (χ1) is 16.8. The summed E-state index contributed by atoms with van der Waals surface area (Å²) >= 11 is 0. The number of anilines is 1. The molecule has 0 saturated carbocycles. The zero-order valence-corrected chi connectivity index (χ0v) is 20.0. The topological polar surface area (TPSA) is 88.4 Å². The maximum atomic E-state index is 15.0. The number of benzene rings is 1. The summed E-state index contributed by atoms with van der Waals surface area (Å²) < 4.78 is 37.2. The summed E-state index contributed by atoms with van der Waals surface area (Å²) in [5.74, 6) is -2.67. The molecular weight excluding hydrogens is 456 g/mol. The third-order valence-electron chi connectivity index (χ3n) is 6.91. The number of alkyl halides is 2. The van der Waals surface area contributed by atoms with E-state index in [2.05, 4.69) is 20.4 Å². The van der Waals surface area contributed by atoms with Crippen molar-refractivity contribution < 1.29 is 18.3 Å². The molecule has 1 aromatic carbocycles. The first kappa shape index (κ1) is 23.6. The van der Waals surface area contributed by atoms with Gasteiger partial charge in [0, 0.05) is 25.0 Å². The van der Waals surface area contributed by atoms with E-state index in [1.165, 1.54) is 6.33 Å². The molecule has 1 N–H and O–H groups in total. The summed E-state index contributed by atoms with van der Waals surface area (Å²) in [4.78, 5) is 24.5. The van der Waals surface area contributed by atoms with Crippen LogP contribution in [-0.4, -0.2) is 89.5 Å². The molecule has 9 nitrogen and oxygen atoms in total. The Hall–Kier alpha value is -3.18. The van der Waals surface area contributed by atoms with Crippen LogP contribution in [0.1, 0.15) is 23.5 Å². The van der Waals surface area contributed by atoms with Crippen molar-refractivity contribution in [2.45, 2.75) is 31.3 Å². The molecule has 5 rings (SSSR count). The third kappa shape index (κ3) is 4.45. The molecule has 2 aromatic heterocycles. The van der Waals surface area contributed by atoms with Gasteiger partial charge in [0.15, 0.2) is 11.9 Å². The number of rotatable bonds is 4. The number of aryl methyl sites for hydroxylation is 1. The maximum absolute atomic E-state index is 15.0. The molecule has 0 aliphatic carbocycles. The van der Waals surface area contributed by atoms with E-state index in [1.54, 1.807) is 35.9 Å². The maximum Gasteiger partial charge on any atom is 0.267 e. The van der Waals surface area contributed by atoms with Crippen molar-refractivity contribution in [2.75, 3.05) is 51.8 Å². The lowest BCUT2D eigenvalue weighted by Crippen LogP contribution is -2.49. The lowest BCUT2D eigenvalue weighted by Gasteiger charge is -2.37. The number of halogens is 2. The van der Waals surface area contributed by atoms with Crippen LogP contribution < -0.4 is 10.2 Å². The van der Waals surface area contributed by atoms with Gasteiger partial charge in [0.25, 0.3) is 11.8 Å². The van der Waals surface area contributed by atoms with Crippen molar-refractivity contribution in [1.29, 1.82) is 0 Å². The quantitative estimate of drug-likeness (QED) is 0.606. The molecule has 35 heavy (non-hydrogen) atoms. The molecule has 2 aliphatic rings. The summed E-state index contributed by atoms with van der Waals surface area (Å²) in [7, 11) is 3.31. The van der Waals surface area contributed by atoms with E-state index in [0.717, 1.165) is 16.5 Å². The molecule has 2 saturated heterocycles. The van der Waals surface area contributed by atoms with Crippen LogP contribution in [0.3, 0.4) is 0 Å². The highest BCUT2D eigenvalue weighted by atomic mass is 19.3. The van der Waals surface area contributed by atoms with Crippen LogP contribution >= 0.6 is 0 Å². The Kier molecular flexibility index (Phi) is 6.14. The van der Waals surface area contributed by atoms with Gasteiger partial charge in [-0.3, -0.25) is 4.79 Å². The Morgan fingerprint density at radius 3 is 2.77 bits per heavy atom. The monoisotopic (exact) mass is 485 g/mol. The number of likely N-dealkylation sites (tertiary alicyclic amines) is 1. The van der Waals surface area contributed by atoms with E-state index < -0.39 is 17.9 Å². The third-order valence-corrected chi connectivity index (χ3v) is 6.91. The van der Waals surface area contributed by atoms with Crippen molar-refractivity contribution >= 4 is 22.6 Å². The number of nitrogens with zero attached hydrogens (tertiary/aromatic N) is 6. The molecule has 0 radical (unpaired) electrons. The number of carbonyl (C=O) groups excluding carboxylic acids is 1. The van der Waals surface area contributed by atoms with Crippen LogP contribution in [-0.2, 0) is 9.53 Å². The summed E-state index contributed by atoms with van der Waals surface area (Å²) in [6, 6.07) is 5.54.